The predicted molar refractivity (Wildman–Crippen MR) is 84.8 cm³/mol. The van der Waals surface area contributed by atoms with Gasteiger partial charge in [0.2, 0.25) is 0 Å². The maximum Gasteiger partial charge on any atom is 0.488 e. The van der Waals surface area contributed by atoms with Crippen molar-refractivity contribution in [2.75, 3.05) is 0 Å². The summed E-state index contributed by atoms with van der Waals surface area (Å²) in [5.41, 5.74) is 3.13. The number of hydrogen-bond acceptors (Lipinski definition) is 3. The summed E-state index contributed by atoms with van der Waals surface area (Å²) in [6.07, 6.45) is -1.23. The topological polar surface area (TPSA) is 43.4 Å². The number of halogens is 4. The van der Waals surface area contributed by atoms with Gasteiger partial charge in [0.05, 0.1) is 0 Å². The average molecular weight is 367 g/mol. The van der Waals surface area contributed by atoms with E-state index < -0.39 is 37.6 Å². The van der Waals surface area contributed by atoms with E-state index in [1.807, 2.05) is 19.6 Å². The Morgan fingerprint density at radius 2 is 1.78 bits per heavy atom. The van der Waals surface area contributed by atoms with Gasteiger partial charge in [0.25, 0.3) is 0 Å². The van der Waals surface area contributed by atoms with Gasteiger partial charge in [-0.05, 0) is 19.1 Å². The lowest BCUT2D eigenvalue weighted by Gasteiger charge is -2.16. The highest BCUT2D eigenvalue weighted by molar-refractivity contribution is 7.81. The second-order valence-electron chi connectivity index (χ2n) is 6.16. The maximum atomic E-state index is 12.7. The molecule has 1 aromatic carbocycles. The zero-order chi connectivity index (χ0) is 18.1. The molecule has 0 aliphatic rings. The Morgan fingerprint density at radius 1 is 1.22 bits per heavy atom. The van der Waals surface area contributed by atoms with Crippen molar-refractivity contribution in [2.45, 2.75) is 32.9 Å². The first-order valence-electron chi connectivity index (χ1n) is 6.68. The second kappa shape index (κ2) is 6.57. The molecule has 0 radical (unpaired) electrons. The molecule has 10 heteroatoms. The molecule has 0 atom stereocenters. The monoisotopic (exact) mass is 367 g/mol. The average Bonchev–Trinajstić information content (AvgIpc) is 2.26. The van der Waals surface area contributed by atoms with Crippen molar-refractivity contribution in [1.29, 1.82) is 0 Å². The molecule has 0 unspecified atom stereocenters. The minimum absolute atomic E-state index is 0.176. The van der Waals surface area contributed by atoms with Crippen LogP contribution in [0.3, 0.4) is 0 Å². The molecule has 0 heterocycles. The van der Waals surface area contributed by atoms with Gasteiger partial charge in [-0.1, -0.05) is 41.3 Å². The van der Waals surface area contributed by atoms with Crippen molar-refractivity contribution >= 4 is 25.6 Å². The third kappa shape index (κ3) is 7.56. The van der Waals surface area contributed by atoms with E-state index in [9.17, 15) is 25.3 Å². The van der Waals surface area contributed by atoms with Crippen molar-refractivity contribution in [3.63, 3.8) is 0 Å². The quantitative estimate of drug-likeness (QED) is 0.352. The molecule has 3 nitrogen and oxygen atoms in total. The normalized spacial score (nSPS) is 12.5. The second-order valence-corrected chi connectivity index (χ2v) is 11.9. The van der Waals surface area contributed by atoms with Crippen LogP contribution < -0.4 is 4.18 Å². The Morgan fingerprint density at radius 3 is 2.22 bits per heavy atom. The molecule has 0 bridgehead atoms. The molecular weight excluding hydrogens is 351 g/mol. The van der Waals surface area contributed by atoms with E-state index in [1.165, 1.54) is 13.0 Å². The molecule has 0 N–H and O–H groups in total. The first-order chi connectivity index (χ1) is 10.2. The van der Waals surface area contributed by atoms with Gasteiger partial charge in [0.1, 0.15) is 13.8 Å². The summed E-state index contributed by atoms with van der Waals surface area (Å²) in [5, 5.41) is 0. The summed E-state index contributed by atoms with van der Waals surface area (Å²) in [6, 6.07) is 2.11. The molecule has 0 amide bonds. The summed E-state index contributed by atoms with van der Waals surface area (Å²) in [7, 11) is -7.14. The summed E-state index contributed by atoms with van der Waals surface area (Å²) >= 11 is 0. The van der Waals surface area contributed by atoms with E-state index in [4.69, 9.17) is 0 Å². The van der Waals surface area contributed by atoms with Gasteiger partial charge in [-0.3, -0.25) is 0 Å². The minimum atomic E-state index is -5.34. The minimum Gasteiger partial charge on any atom is -0.449 e. The van der Waals surface area contributed by atoms with Crippen molar-refractivity contribution in [2.24, 2.45) is 0 Å². The fourth-order valence-corrected chi connectivity index (χ4v) is 2.61. The molecular formula is C13H16BF4O3SSi-. The molecule has 0 aliphatic carbocycles. The third-order valence-electron chi connectivity index (χ3n) is 2.65. The molecule has 0 saturated carbocycles. The third-order valence-corrected chi connectivity index (χ3v) is 3.90. The van der Waals surface area contributed by atoms with Gasteiger partial charge in [-0.25, -0.2) is 0 Å². The zero-order valence-electron chi connectivity index (χ0n) is 13.1. The lowest BCUT2D eigenvalue weighted by atomic mass is 9.81. The molecule has 1 rings (SSSR count). The van der Waals surface area contributed by atoms with Crippen LogP contribution >= 0.6 is 0 Å². The SMILES string of the molecule is Cc1c(C#C[Si](C)(C)C)cc(C[B-](F)(F)F)cc1OS(=O)(=O)F. The van der Waals surface area contributed by atoms with Gasteiger partial charge in [-0.2, -0.15) is 8.42 Å². The fourth-order valence-electron chi connectivity index (χ4n) is 1.71. The van der Waals surface area contributed by atoms with Crippen LogP contribution in [0.1, 0.15) is 16.7 Å². The van der Waals surface area contributed by atoms with Crippen LogP contribution in [-0.4, -0.2) is 23.5 Å². The van der Waals surface area contributed by atoms with E-state index >= 15 is 0 Å². The van der Waals surface area contributed by atoms with E-state index in [0.717, 1.165) is 6.07 Å². The Balaban J connectivity index is 3.45. The van der Waals surface area contributed by atoms with Crippen LogP contribution in [0.25, 0.3) is 0 Å². The Hall–Kier alpha value is -1.47. The van der Waals surface area contributed by atoms with E-state index in [1.54, 1.807) is 0 Å². The van der Waals surface area contributed by atoms with Crippen molar-refractivity contribution in [3.05, 3.63) is 28.8 Å². The fraction of sp³-hybridized carbons (Fsp3) is 0.385. The number of benzene rings is 1. The Bertz CT molecular complexity index is 758. The van der Waals surface area contributed by atoms with Crippen LogP contribution in [0.4, 0.5) is 16.8 Å². The van der Waals surface area contributed by atoms with Crippen LogP contribution in [-0.2, 0) is 16.8 Å². The summed E-state index contributed by atoms with van der Waals surface area (Å²) in [4.78, 5) is 0. The van der Waals surface area contributed by atoms with Crippen LogP contribution in [0.5, 0.6) is 5.75 Å². The van der Waals surface area contributed by atoms with Crippen molar-refractivity contribution in [1.82, 2.24) is 0 Å². The molecule has 128 valence electrons. The Kier molecular flexibility index (Phi) is 5.59. The van der Waals surface area contributed by atoms with Crippen molar-refractivity contribution < 1.29 is 29.4 Å². The molecule has 0 spiro atoms. The first-order valence-corrected chi connectivity index (χ1v) is 11.5. The van der Waals surface area contributed by atoms with Crippen LogP contribution in [0.15, 0.2) is 12.1 Å². The molecule has 0 fully saturated rings. The summed E-state index contributed by atoms with van der Waals surface area (Å²) < 4.78 is 76.0. The smallest absolute Gasteiger partial charge is 0.449 e. The van der Waals surface area contributed by atoms with Gasteiger partial charge in [0, 0.05) is 11.1 Å². The highest BCUT2D eigenvalue weighted by Crippen LogP contribution is 2.28. The van der Waals surface area contributed by atoms with Crippen LogP contribution in [0.2, 0.25) is 19.6 Å². The summed E-state index contributed by atoms with van der Waals surface area (Å²) in [6.45, 7) is 2.12. The van der Waals surface area contributed by atoms with Crippen LogP contribution in [0, 0.1) is 18.4 Å². The molecule has 0 aliphatic heterocycles. The largest absolute Gasteiger partial charge is 0.488 e. The zero-order valence-corrected chi connectivity index (χ0v) is 14.9. The molecule has 1 aromatic rings. The molecule has 23 heavy (non-hydrogen) atoms. The standard InChI is InChI=1S/C13H16BF4O3SSi/c1-10-12(5-6-23(2,3)4)7-11(9-14(15,16)17)8-13(10)21-22(18,19)20/h7-8H,9H2,1-4H3/q-1. The van der Waals surface area contributed by atoms with E-state index in [2.05, 4.69) is 15.6 Å². The lowest BCUT2D eigenvalue weighted by molar-refractivity contribution is 0.438. The van der Waals surface area contributed by atoms with Gasteiger partial charge in [-0.15, -0.1) is 5.54 Å². The molecule has 0 aromatic heterocycles. The summed E-state index contributed by atoms with van der Waals surface area (Å²) in [5.74, 6) is 2.28. The van der Waals surface area contributed by atoms with Gasteiger partial charge < -0.3 is 17.1 Å². The maximum absolute atomic E-state index is 12.7. The number of rotatable bonds is 4. The highest BCUT2D eigenvalue weighted by atomic mass is 32.3. The first kappa shape index (κ1) is 19.6. The van der Waals surface area contributed by atoms with Gasteiger partial charge >= 0.3 is 17.5 Å². The Labute approximate surface area is 134 Å². The van der Waals surface area contributed by atoms with E-state index in [0.29, 0.717) is 0 Å². The van der Waals surface area contributed by atoms with Gasteiger partial charge in [0.15, 0.2) is 0 Å². The predicted octanol–water partition coefficient (Wildman–Crippen LogP) is 3.75. The number of hydrogen-bond donors (Lipinski definition) is 0. The molecule has 0 saturated heterocycles. The lowest BCUT2D eigenvalue weighted by Crippen LogP contribution is -2.20. The highest BCUT2D eigenvalue weighted by Gasteiger charge is 2.25. The van der Waals surface area contributed by atoms with E-state index in [-0.39, 0.29) is 16.7 Å². The van der Waals surface area contributed by atoms with Crippen molar-refractivity contribution in [3.8, 4) is 17.2 Å².